The molecule has 2 aromatic carbocycles. The highest BCUT2D eigenvalue weighted by atomic mass is 35.5. The summed E-state index contributed by atoms with van der Waals surface area (Å²) >= 11 is 5.67. The van der Waals surface area contributed by atoms with Crippen LogP contribution in [0.4, 0.5) is 10.1 Å². The number of ether oxygens (including phenoxy) is 2. The van der Waals surface area contributed by atoms with Crippen molar-refractivity contribution < 1.29 is 18.7 Å². The van der Waals surface area contributed by atoms with E-state index in [9.17, 15) is 9.18 Å². The van der Waals surface area contributed by atoms with Crippen LogP contribution >= 0.6 is 11.6 Å². The molecule has 0 saturated carbocycles. The summed E-state index contributed by atoms with van der Waals surface area (Å²) in [7, 11) is 3.10. The first-order valence-corrected chi connectivity index (χ1v) is 7.07. The molecule has 0 heterocycles. The zero-order chi connectivity index (χ0) is 16.8. The van der Waals surface area contributed by atoms with Crippen molar-refractivity contribution in [3.05, 3.63) is 58.9 Å². The van der Waals surface area contributed by atoms with Crippen LogP contribution in [0.1, 0.15) is 5.56 Å². The lowest BCUT2D eigenvalue weighted by molar-refractivity contribution is -0.111. The molecule has 2 aromatic rings. The molecular weight excluding hydrogens is 321 g/mol. The smallest absolute Gasteiger partial charge is 0.248 e. The van der Waals surface area contributed by atoms with E-state index in [1.54, 1.807) is 31.4 Å². The van der Waals surface area contributed by atoms with E-state index in [-0.39, 0.29) is 10.9 Å². The van der Waals surface area contributed by atoms with Gasteiger partial charge in [0.05, 0.1) is 19.2 Å². The van der Waals surface area contributed by atoms with Gasteiger partial charge < -0.3 is 14.8 Å². The van der Waals surface area contributed by atoms with Crippen molar-refractivity contribution in [3.8, 4) is 11.5 Å². The molecule has 4 nitrogen and oxygen atoms in total. The summed E-state index contributed by atoms with van der Waals surface area (Å²) < 4.78 is 23.4. The minimum Gasteiger partial charge on any atom is -0.497 e. The van der Waals surface area contributed by atoms with E-state index in [1.807, 2.05) is 0 Å². The van der Waals surface area contributed by atoms with Crippen molar-refractivity contribution >= 4 is 29.3 Å². The van der Waals surface area contributed by atoms with Gasteiger partial charge >= 0.3 is 0 Å². The number of anilines is 1. The second-order valence-corrected chi connectivity index (χ2v) is 4.97. The van der Waals surface area contributed by atoms with Crippen molar-refractivity contribution in [2.75, 3.05) is 19.5 Å². The Morgan fingerprint density at radius 3 is 2.61 bits per heavy atom. The standard InChI is InChI=1S/C17H15ClFNO3/c1-22-13-6-3-11(16(10-13)23-2)4-8-17(21)20-12-5-7-15(19)14(18)9-12/h3-10H,1-2H3,(H,20,21)/b8-4+. The molecule has 0 fully saturated rings. The highest BCUT2D eigenvalue weighted by Crippen LogP contribution is 2.25. The fourth-order valence-electron chi connectivity index (χ4n) is 1.88. The highest BCUT2D eigenvalue weighted by Gasteiger charge is 2.05. The molecule has 6 heteroatoms. The molecule has 0 aromatic heterocycles. The highest BCUT2D eigenvalue weighted by molar-refractivity contribution is 6.31. The SMILES string of the molecule is COc1ccc(/C=C/C(=O)Nc2ccc(F)c(Cl)c2)c(OC)c1. The largest absolute Gasteiger partial charge is 0.497 e. The molecule has 0 saturated heterocycles. The monoisotopic (exact) mass is 335 g/mol. The number of carbonyl (C=O) groups excluding carboxylic acids is 1. The van der Waals surface area contributed by atoms with Crippen molar-refractivity contribution in [1.29, 1.82) is 0 Å². The third kappa shape index (κ3) is 4.47. The normalized spacial score (nSPS) is 10.6. The van der Waals surface area contributed by atoms with Crippen LogP contribution in [-0.2, 0) is 4.79 Å². The van der Waals surface area contributed by atoms with Gasteiger partial charge in [0, 0.05) is 23.4 Å². The van der Waals surface area contributed by atoms with E-state index < -0.39 is 5.82 Å². The van der Waals surface area contributed by atoms with Gasteiger partial charge in [-0.1, -0.05) is 11.6 Å². The molecule has 1 N–H and O–H groups in total. The number of methoxy groups -OCH3 is 2. The minimum absolute atomic E-state index is 0.0522. The predicted octanol–water partition coefficient (Wildman–Crippen LogP) is 4.15. The first-order valence-electron chi connectivity index (χ1n) is 6.69. The average molecular weight is 336 g/mol. The third-order valence-electron chi connectivity index (χ3n) is 3.04. The van der Waals surface area contributed by atoms with E-state index in [0.717, 1.165) is 5.56 Å². The first kappa shape index (κ1) is 16.8. The van der Waals surface area contributed by atoms with Gasteiger partial charge in [-0.3, -0.25) is 4.79 Å². The Kier molecular flexibility index (Phi) is 5.60. The number of rotatable bonds is 5. The van der Waals surface area contributed by atoms with Crippen LogP contribution in [-0.4, -0.2) is 20.1 Å². The molecule has 0 spiro atoms. The summed E-state index contributed by atoms with van der Waals surface area (Å²) in [6.45, 7) is 0. The Morgan fingerprint density at radius 2 is 1.96 bits per heavy atom. The molecule has 0 aliphatic heterocycles. The topological polar surface area (TPSA) is 47.6 Å². The van der Waals surface area contributed by atoms with Gasteiger partial charge in [0.1, 0.15) is 17.3 Å². The molecule has 0 atom stereocenters. The number of nitrogens with one attached hydrogen (secondary N) is 1. The van der Waals surface area contributed by atoms with E-state index >= 15 is 0 Å². The van der Waals surface area contributed by atoms with Crippen LogP contribution in [0, 0.1) is 5.82 Å². The summed E-state index contributed by atoms with van der Waals surface area (Å²) in [6.07, 6.45) is 2.96. The molecule has 0 radical (unpaired) electrons. The fourth-order valence-corrected chi connectivity index (χ4v) is 2.06. The summed E-state index contributed by atoms with van der Waals surface area (Å²) in [5.74, 6) is 0.330. The van der Waals surface area contributed by atoms with Gasteiger partial charge in [-0.15, -0.1) is 0 Å². The second kappa shape index (κ2) is 7.65. The first-order chi connectivity index (χ1) is 11.0. The lowest BCUT2D eigenvalue weighted by Crippen LogP contribution is -2.07. The van der Waals surface area contributed by atoms with Crippen molar-refractivity contribution in [3.63, 3.8) is 0 Å². The Hall–Kier alpha value is -2.53. The van der Waals surface area contributed by atoms with E-state index in [0.29, 0.717) is 17.2 Å². The van der Waals surface area contributed by atoms with Crippen molar-refractivity contribution in [1.82, 2.24) is 0 Å². The van der Waals surface area contributed by atoms with Crippen LogP contribution in [0.5, 0.6) is 11.5 Å². The number of halogens is 2. The number of hydrogen-bond donors (Lipinski definition) is 1. The molecule has 1 amide bonds. The Morgan fingerprint density at radius 1 is 1.17 bits per heavy atom. The molecule has 2 rings (SSSR count). The molecule has 120 valence electrons. The second-order valence-electron chi connectivity index (χ2n) is 4.56. The molecule has 0 unspecified atom stereocenters. The number of hydrogen-bond acceptors (Lipinski definition) is 3. The molecule has 23 heavy (non-hydrogen) atoms. The minimum atomic E-state index is -0.539. The zero-order valence-corrected chi connectivity index (χ0v) is 13.4. The molecule has 0 bridgehead atoms. The van der Waals surface area contributed by atoms with Crippen molar-refractivity contribution in [2.45, 2.75) is 0 Å². The molecule has 0 aliphatic carbocycles. The van der Waals surface area contributed by atoms with Crippen molar-refractivity contribution in [2.24, 2.45) is 0 Å². The van der Waals surface area contributed by atoms with Gasteiger partial charge in [-0.25, -0.2) is 4.39 Å². The van der Waals surface area contributed by atoms with Crippen LogP contribution < -0.4 is 14.8 Å². The maximum absolute atomic E-state index is 13.1. The van der Waals surface area contributed by atoms with Crippen LogP contribution in [0.3, 0.4) is 0 Å². The zero-order valence-electron chi connectivity index (χ0n) is 12.6. The maximum atomic E-state index is 13.1. The van der Waals surface area contributed by atoms with Gasteiger partial charge in [-0.2, -0.15) is 0 Å². The lowest BCUT2D eigenvalue weighted by atomic mass is 10.1. The van der Waals surface area contributed by atoms with E-state index in [4.69, 9.17) is 21.1 Å². The Labute approximate surface area is 138 Å². The van der Waals surface area contributed by atoms with Gasteiger partial charge in [0.15, 0.2) is 0 Å². The summed E-state index contributed by atoms with van der Waals surface area (Å²) in [6, 6.07) is 9.22. The van der Waals surface area contributed by atoms with Gasteiger partial charge in [-0.05, 0) is 36.4 Å². The summed E-state index contributed by atoms with van der Waals surface area (Å²) in [5, 5.41) is 2.55. The van der Waals surface area contributed by atoms with Crippen LogP contribution in [0.2, 0.25) is 5.02 Å². The van der Waals surface area contributed by atoms with E-state index in [1.165, 1.54) is 31.4 Å². The molecule has 0 aliphatic rings. The number of carbonyl (C=O) groups is 1. The summed E-state index contributed by atoms with van der Waals surface area (Å²) in [5.41, 5.74) is 1.13. The molecular formula is C17H15ClFNO3. The Balaban J connectivity index is 2.10. The summed E-state index contributed by atoms with van der Waals surface area (Å²) in [4.78, 5) is 11.9. The number of amides is 1. The fraction of sp³-hybridized carbons (Fsp3) is 0.118. The van der Waals surface area contributed by atoms with E-state index in [2.05, 4.69) is 5.32 Å². The number of benzene rings is 2. The Bertz CT molecular complexity index is 747. The quantitative estimate of drug-likeness (QED) is 0.835. The van der Waals surface area contributed by atoms with Crippen LogP contribution in [0.15, 0.2) is 42.5 Å². The van der Waals surface area contributed by atoms with Gasteiger partial charge in [0.25, 0.3) is 0 Å². The van der Waals surface area contributed by atoms with Crippen LogP contribution in [0.25, 0.3) is 6.08 Å². The average Bonchev–Trinajstić information content (AvgIpc) is 2.56. The van der Waals surface area contributed by atoms with Gasteiger partial charge in [0.2, 0.25) is 5.91 Å². The lowest BCUT2D eigenvalue weighted by Gasteiger charge is -2.07. The maximum Gasteiger partial charge on any atom is 0.248 e. The predicted molar refractivity (Wildman–Crippen MR) is 88.6 cm³/mol. The third-order valence-corrected chi connectivity index (χ3v) is 3.33.